The summed E-state index contributed by atoms with van der Waals surface area (Å²) in [7, 11) is -9.47. The van der Waals surface area contributed by atoms with Gasteiger partial charge in [-0.15, -0.1) is 4.52 Å². The van der Waals surface area contributed by atoms with Gasteiger partial charge in [-0.25, -0.2) is 4.57 Å². The van der Waals surface area contributed by atoms with Crippen LogP contribution in [0.1, 0.15) is 33.6 Å². The van der Waals surface area contributed by atoms with E-state index in [0.717, 1.165) is 18.4 Å². The zero-order valence-electron chi connectivity index (χ0n) is 11.2. The van der Waals surface area contributed by atoms with E-state index in [1.807, 2.05) is 20.8 Å². The molecule has 0 bridgehead atoms. The molecule has 0 heterocycles. The summed E-state index contributed by atoms with van der Waals surface area (Å²) in [5, 5.41) is 0. The Balaban J connectivity index is 4.12. The monoisotopic (exact) mass is 315 g/mol. The Hall–Kier alpha value is -0.100. The van der Waals surface area contributed by atoms with Gasteiger partial charge in [0.1, 0.15) is 6.61 Å². The predicted octanol–water partition coefficient (Wildman–Crippen LogP) is 2.47. The van der Waals surface area contributed by atoms with E-state index in [1.54, 1.807) is 6.08 Å². The van der Waals surface area contributed by atoms with Crippen LogP contribution in [0.3, 0.4) is 0 Å². The van der Waals surface area contributed by atoms with Gasteiger partial charge in [0, 0.05) is 0 Å². The normalized spacial score (nSPS) is 13.5. The van der Waals surface area contributed by atoms with E-state index in [9.17, 15) is 4.57 Å². The Morgan fingerprint density at radius 1 is 1.21 bits per heavy atom. The molecule has 7 nitrogen and oxygen atoms in total. The van der Waals surface area contributed by atoms with Crippen molar-refractivity contribution in [3.05, 3.63) is 23.3 Å². The fourth-order valence-corrected chi connectivity index (χ4v) is 2.70. The van der Waals surface area contributed by atoms with Gasteiger partial charge in [0.2, 0.25) is 0 Å². The van der Waals surface area contributed by atoms with Gasteiger partial charge in [-0.1, -0.05) is 23.3 Å². The first kappa shape index (κ1) is 18.9. The van der Waals surface area contributed by atoms with Crippen LogP contribution in [-0.4, -0.2) is 26.2 Å². The Bertz CT molecular complexity index is 379. The average molecular weight is 315 g/mol. The van der Waals surface area contributed by atoms with Gasteiger partial charge in [-0.2, -0.15) is 9.79 Å². The van der Waals surface area contributed by atoms with Crippen molar-refractivity contribution in [2.45, 2.75) is 33.6 Å². The summed E-state index contributed by atoms with van der Waals surface area (Å²) in [6.07, 6.45) is 5.33. The van der Waals surface area contributed by atoms with Crippen molar-refractivity contribution < 1.29 is 33.0 Å². The van der Waals surface area contributed by atoms with Gasteiger partial charge in [0.25, 0.3) is 0 Å². The third kappa shape index (κ3) is 12.7. The fraction of sp³-hybridized carbons (Fsp3) is 0.600. The lowest BCUT2D eigenvalue weighted by atomic mass is 10.1. The van der Waals surface area contributed by atoms with E-state index in [0.29, 0.717) is 0 Å². The second-order valence-electron chi connectivity index (χ2n) is 4.23. The molecular formula is C10H21O7P2+. The van der Waals surface area contributed by atoms with Crippen LogP contribution >= 0.6 is 16.0 Å². The van der Waals surface area contributed by atoms with Crippen LogP contribution < -0.4 is 0 Å². The van der Waals surface area contributed by atoms with Crippen molar-refractivity contribution in [3.8, 4) is 0 Å². The number of hydrogen-bond donors (Lipinski definition) is 4. The first-order valence-corrected chi connectivity index (χ1v) is 8.63. The lowest BCUT2D eigenvalue weighted by Crippen LogP contribution is -2.01. The molecule has 112 valence electrons. The lowest BCUT2D eigenvalue weighted by molar-refractivity contribution is 0.159. The number of phosphoric acid groups is 1. The summed E-state index contributed by atoms with van der Waals surface area (Å²) in [4.78, 5) is 35.1. The first-order valence-electron chi connectivity index (χ1n) is 5.57. The van der Waals surface area contributed by atoms with Crippen LogP contribution in [0.25, 0.3) is 0 Å². The Morgan fingerprint density at radius 3 is 2.26 bits per heavy atom. The molecule has 0 atom stereocenters. The van der Waals surface area contributed by atoms with E-state index in [2.05, 4.69) is 14.9 Å². The van der Waals surface area contributed by atoms with Crippen molar-refractivity contribution in [1.29, 1.82) is 0 Å². The van der Waals surface area contributed by atoms with Crippen LogP contribution in [0.15, 0.2) is 23.3 Å². The molecule has 0 aliphatic carbocycles. The summed E-state index contributed by atoms with van der Waals surface area (Å²) in [6, 6.07) is 0. The minimum Gasteiger partial charge on any atom is -0.300 e. The summed E-state index contributed by atoms with van der Waals surface area (Å²) in [6.45, 7) is 5.65. The third-order valence-electron chi connectivity index (χ3n) is 1.98. The highest BCUT2D eigenvalue weighted by atomic mass is 31.3. The topological polar surface area (TPSA) is 116 Å². The summed E-state index contributed by atoms with van der Waals surface area (Å²) in [5.41, 5.74) is 2.18. The van der Waals surface area contributed by atoms with E-state index >= 15 is 0 Å². The van der Waals surface area contributed by atoms with Gasteiger partial charge >= 0.3 is 16.0 Å². The number of rotatable bonds is 8. The maximum atomic E-state index is 10.4. The third-order valence-corrected chi connectivity index (χ3v) is 4.17. The van der Waals surface area contributed by atoms with Crippen molar-refractivity contribution in [2.24, 2.45) is 0 Å². The molecule has 19 heavy (non-hydrogen) atoms. The standard InChI is InChI=1S/C10H20O7P2/c1-9(2)5-4-6-10(3)7-8-16-19(14,15)17-18(11,12)13/h5,7,14-15H,4,6,8H2,1-3H3,(H-,11,12,13)/p+1. The van der Waals surface area contributed by atoms with Crippen molar-refractivity contribution in [2.75, 3.05) is 6.61 Å². The minimum absolute atomic E-state index is 0.193. The molecule has 0 aromatic rings. The molecule has 0 amide bonds. The van der Waals surface area contributed by atoms with E-state index in [4.69, 9.17) is 19.6 Å². The molecule has 4 N–H and O–H groups in total. The molecule has 0 saturated carbocycles. The Morgan fingerprint density at radius 2 is 1.79 bits per heavy atom. The van der Waals surface area contributed by atoms with Gasteiger partial charge in [-0.05, 0) is 37.9 Å². The molecule has 0 saturated heterocycles. The molecular weight excluding hydrogens is 294 g/mol. The van der Waals surface area contributed by atoms with Gasteiger partial charge in [0.05, 0.1) is 0 Å². The van der Waals surface area contributed by atoms with E-state index < -0.39 is 16.0 Å². The molecule has 0 unspecified atom stereocenters. The van der Waals surface area contributed by atoms with Crippen molar-refractivity contribution >= 4 is 16.0 Å². The molecule has 0 fully saturated rings. The first-order chi connectivity index (χ1) is 8.52. The van der Waals surface area contributed by atoms with E-state index in [1.165, 1.54) is 5.57 Å². The van der Waals surface area contributed by atoms with Crippen LogP contribution in [0.5, 0.6) is 0 Å². The number of hydrogen-bond acceptors (Lipinski definition) is 5. The molecule has 0 aliphatic heterocycles. The van der Waals surface area contributed by atoms with Crippen molar-refractivity contribution in [1.82, 2.24) is 0 Å². The average Bonchev–Trinajstić information content (AvgIpc) is 2.12. The molecule has 0 aromatic carbocycles. The predicted molar refractivity (Wildman–Crippen MR) is 72.9 cm³/mol. The van der Waals surface area contributed by atoms with Crippen LogP contribution in [0.4, 0.5) is 0 Å². The summed E-state index contributed by atoms with van der Waals surface area (Å²) < 4.78 is 18.7. The number of allylic oxidation sites excluding steroid dienone is 3. The lowest BCUT2D eigenvalue weighted by Gasteiger charge is -2.08. The fourth-order valence-electron chi connectivity index (χ4n) is 1.13. The van der Waals surface area contributed by atoms with Crippen LogP contribution in [-0.2, 0) is 13.4 Å². The molecule has 0 aromatic heterocycles. The SMILES string of the molecule is CC(C)=CCCC(C)=CCO[P+](O)(O)OP(=O)(O)O. The Labute approximate surface area is 113 Å². The second kappa shape index (κ2) is 8.25. The van der Waals surface area contributed by atoms with Gasteiger partial charge in [-0.3, -0.25) is 0 Å². The maximum absolute atomic E-state index is 10.4. The Kier molecular flexibility index (Phi) is 8.20. The zero-order valence-corrected chi connectivity index (χ0v) is 13.0. The second-order valence-corrected chi connectivity index (χ2v) is 7.10. The highest BCUT2D eigenvalue weighted by Crippen LogP contribution is 2.63. The molecule has 0 aliphatic rings. The molecule has 0 rings (SSSR count). The minimum atomic E-state index is -4.98. The van der Waals surface area contributed by atoms with Crippen LogP contribution in [0, 0.1) is 0 Å². The highest BCUT2D eigenvalue weighted by molar-refractivity contribution is 7.64. The molecule has 0 radical (unpaired) electrons. The quantitative estimate of drug-likeness (QED) is 0.401. The summed E-state index contributed by atoms with van der Waals surface area (Å²) >= 11 is 0. The van der Waals surface area contributed by atoms with E-state index in [-0.39, 0.29) is 6.61 Å². The van der Waals surface area contributed by atoms with Gasteiger partial charge < -0.3 is 9.79 Å². The highest BCUT2D eigenvalue weighted by Gasteiger charge is 2.47. The van der Waals surface area contributed by atoms with Gasteiger partial charge in [0.15, 0.2) is 0 Å². The largest absolute Gasteiger partial charge is 0.580 e. The molecule has 0 spiro atoms. The smallest absolute Gasteiger partial charge is 0.300 e. The maximum Gasteiger partial charge on any atom is 0.580 e. The summed E-state index contributed by atoms with van der Waals surface area (Å²) in [5.74, 6) is 0. The molecule has 9 heteroatoms. The van der Waals surface area contributed by atoms with Crippen molar-refractivity contribution in [3.63, 3.8) is 0 Å². The van der Waals surface area contributed by atoms with Crippen LogP contribution in [0.2, 0.25) is 0 Å². The zero-order chi connectivity index (χ0) is 15.1.